The summed E-state index contributed by atoms with van der Waals surface area (Å²) in [5, 5.41) is 0.345. The summed E-state index contributed by atoms with van der Waals surface area (Å²) < 4.78 is 0. The van der Waals surface area contributed by atoms with Crippen molar-refractivity contribution >= 4 is 11.6 Å². The van der Waals surface area contributed by atoms with Crippen LogP contribution in [0.2, 0.25) is 0 Å². The van der Waals surface area contributed by atoms with Crippen LogP contribution >= 0.6 is 11.6 Å². The van der Waals surface area contributed by atoms with E-state index in [1.54, 1.807) is 0 Å². The summed E-state index contributed by atoms with van der Waals surface area (Å²) in [7, 11) is 0. The molecule has 16 heavy (non-hydrogen) atoms. The Morgan fingerprint density at radius 1 is 1.31 bits per heavy atom. The first-order valence-corrected chi connectivity index (χ1v) is 6.52. The highest BCUT2D eigenvalue weighted by molar-refractivity contribution is 6.20. The normalized spacial score (nSPS) is 22.3. The highest BCUT2D eigenvalue weighted by atomic mass is 35.5. The summed E-state index contributed by atoms with van der Waals surface area (Å²) in [5.41, 5.74) is 4.28. The Hall–Kier alpha value is -0.530. The molecule has 1 aliphatic heterocycles. The minimum absolute atomic E-state index is 0.345. The SMILES string of the molecule is Cc1cccc(C)c1CN1CCCC(Cl)C1. The van der Waals surface area contributed by atoms with Crippen molar-refractivity contribution in [2.45, 2.75) is 38.6 Å². The number of nitrogens with zero attached hydrogens (tertiary/aromatic N) is 1. The van der Waals surface area contributed by atoms with Crippen LogP contribution in [-0.4, -0.2) is 23.4 Å². The van der Waals surface area contributed by atoms with Crippen molar-refractivity contribution in [2.75, 3.05) is 13.1 Å². The van der Waals surface area contributed by atoms with Crippen molar-refractivity contribution in [3.05, 3.63) is 34.9 Å². The third kappa shape index (κ3) is 2.78. The van der Waals surface area contributed by atoms with Gasteiger partial charge in [-0.05, 0) is 49.9 Å². The highest BCUT2D eigenvalue weighted by Crippen LogP contribution is 2.20. The monoisotopic (exact) mass is 237 g/mol. The first kappa shape index (κ1) is 11.9. The smallest absolute Gasteiger partial charge is 0.0463 e. The molecular formula is C14H20ClN. The van der Waals surface area contributed by atoms with Crippen LogP contribution in [0, 0.1) is 13.8 Å². The summed E-state index contributed by atoms with van der Waals surface area (Å²) >= 11 is 6.22. The lowest BCUT2D eigenvalue weighted by molar-refractivity contribution is 0.223. The molecule has 88 valence electrons. The van der Waals surface area contributed by atoms with Gasteiger partial charge in [-0.25, -0.2) is 0 Å². The van der Waals surface area contributed by atoms with Crippen LogP contribution in [0.1, 0.15) is 29.5 Å². The van der Waals surface area contributed by atoms with E-state index >= 15 is 0 Å². The van der Waals surface area contributed by atoms with Crippen molar-refractivity contribution in [3.63, 3.8) is 0 Å². The minimum atomic E-state index is 0.345. The maximum absolute atomic E-state index is 6.22. The lowest BCUT2D eigenvalue weighted by Crippen LogP contribution is -2.35. The van der Waals surface area contributed by atoms with E-state index in [1.165, 1.54) is 36.1 Å². The van der Waals surface area contributed by atoms with Crippen molar-refractivity contribution in [1.29, 1.82) is 0 Å². The molecule has 0 aromatic heterocycles. The van der Waals surface area contributed by atoms with Gasteiger partial charge in [0.05, 0.1) is 0 Å². The number of hydrogen-bond donors (Lipinski definition) is 0. The fraction of sp³-hybridized carbons (Fsp3) is 0.571. The number of aryl methyl sites for hydroxylation is 2. The number of likely N-dealkylation sites (tertiary alicyclic amines) is 1. The molecule has 2 rings (SSSR count). The molecule has 0 amide bonds. The van der Waals surface area contributed by atoms with E-state index in [0.29, 0.717) is 5.38 Å². The molecule has 2 heteroatoms. The molecule has 1 aromatic rings. The standard InChI is InChI=1S/C14H20ClN/c1-11-5-3-6-12(2)14(11)10-16-8-4-7-13(15)9-16/h3,5-6,13H,4,7-10H2,1-2H3. The van der Waals surface area contributed by atoms with Gasteiger partial charge in [-0.15, -0.1) is 11.6 Å². The summed E-state index contributed by atoms with van der Waals surface area (Å²) in [6, 6.07) is 6.53. The highest BCUT2D eigenvalue weighted by Gasteiger charge is 2.18. The molecule has 0 radical (unpaired) electrons. The topological polar surface area (TPSA) is 3.24 Å². The first-order valence-electron chi connectivity index (χ1n) is 6.08. The first-order chi connectivity index (χ1) is 7.66. The van der Waals surface area contributed by atoms with E-state index in [4.69, 9.17) is 11.6 Å². The number of alkyl halides is 1. The average molecular weight is 238 g/mol. The van der Waals surface area contributed by atoms with Crippen LogP contribution in [0.5, 0.6) is 0 Å². The molecule has 0 bridgehead atoms. The zero-order valence-corrected chi connectivity index (χ0v) is 10.9. The Morgan fingerprint density at radius 3 is 2.62 bits per heavy atom. The van der Waals surface area contributed by atoms with Gasteiger partial charge in [0.25, 0.3) is 0 Å². The summed E-state index contributed by atoms with van der Waals surface area (Å²) in [4.78, 5) is 2.48. The predicted octanol–water partition coefficient (Wildman–Crippen LogP) is 3.51. The van der Waals surface area contributed by atoms with E-state index in [2.05, 4.69) is 36.9 Å². The molecule has 1 heterocycles. The van der Waals surface area contributed by atoms with Crippen LogP contribution in [-0.2, 0) is 6.54 Å². The van der Waals surface area contributed by atoms with Crippen LogP contribution in [0.25, 0.3) is 0 Å². The van der Waals surface area contributed by atoms with E-state index < -0.39 is 0 Å². The van der Waals surface area contributed by atoms with Gasteiger partial charge in [0.15, 0.2) is 0 Å². The summed E-state index contributed by atoms with van der Waals surface area (Å²) in [6.07, 6.45) is 2.41. The number of rotatable bonds is 2. The maximum atomic E-state index is 6.22. The van der Waals surface area contributed by atoms with Crippen LogP contribution in [0.3, 0.4) is 0 Å². The third-order valence-corrected chi connectivity index (χ3v) is 3.83. The molecule has 1 fully saturated rings. The van der Waals surface area contributed by atoms with Crippen LogP contribution < -0.4 is 0 Å². The molecule has 1 nitrogen and oxygen atoms in total. The molecule has 0 spiro atoms. The van der Waals surface area contributed by atoms with E-state index in [-0.39, 0.29) is 0 Å². The van der Waals surface area contributed by atoms with Gasteiger partial charge in [-0.3, -0.25) is 4.90 Å². The predicted molar refractivity (Wildman–Crippen MR) is 70.1 cm³/mol. The van der Waals surface area contributed by atoms with Gasteiger partial charge in [0.2, 0.25) is 0 Å². The Bertz CT molecular complexity index is 342. The van der Waals surface area contributed by atoms with Gasteiger partial charge >= 0.3 is 0 Å². The van der Waals surface area contributed by atoms with Gasteiger partial charge in [-0.1, -0.05) is 18.2 Å². The molecule has 0 saturated carbocycles. The Balaban J connectivity index is 2.08. The Labute approximate surface area is 103 Å². The van der Waals surface area contributed by atoms with Gasteiger partial charge in [0.1, 0.15) is 0 Å². The number of halogens is 1. The average Bonchev–Trinajstić information content (AvgIpc) is 2.24. The zero-order chi connectivity index (χ0) is 11.5. The largest absolute Gasteiger partial charge is 0.298 e. The molecule has 1 aliphatic rings. The summed E-state index contributed by atoms with van der Waals surface area (Å²) in [5.74, 6) is 0. The second kappa shape index (κ2) is 5.20. The van der Waals surface area contributed by atoms with E-state index in [0.717, 1.165) is 13.1 Å². The second-order valence-electron chi connectivity index (χ2n) is 4.84. The van der Waals surface area contributed by atoms with Crippen molar-refractivity contribution in [3.8, 4) is 0 Å². The molecular weight excluding hydrogens is 218 g/mol. The minimum Gasteiger partial charge on any atom is -0.298 e. The van der Waals surface area contributed by atoms with E-state index in [9.17, 15) is 0 Å². The Kier molecular flexibility index (Phi) is 3.88. The van der Waals surface area contributed by atoms with Crippen LogP contribution in [0.15, 0.2) is 18.2 Å². The fourth-order valence-electron chi connectivity index (χ4n) is 2.46. The molecule has 1 atom stereocenters. The molecule has 0 N–H and O–H groups in total. The third-order valence-electron chi connectivity index (χ3n) is 3.47. The fourth-order valence-corrected chi connectivity index (χ4v) is 2.81. The van der Waals surface area contributed by atoms with Crippen LogP contribution in [0.4, 0.5) is 0 Å². The maximum Gasteiger partial charge on any atom is 0.0463 e. The number of piperidine rings is 1. The summed E-state index contributed by atoms with van der Waals surface area (Å²) in [6.45, 7) is 7.68. The molecule has 0 aliphatic carbocycles. The lowest BCUT2D eigenvalue weighted by atomic mass is 10.0. The van der Waals surface area contributed by atoms with Gasteiger partial charge < -0.3 is 0 Å². The van der Waals surface area contributed by atoms with Crippen molar-refractivity contribution < 1.29 is 0 Å². The molecule has 1 unspecified atom stereocenters. The zero-order valence-electron chi connectivity index (χ0n) is 10.2. The molecule has 1 aromatic carbocycles. The van der Waals surface area contributed by atoms with Gasteiger partial charge in [0, 0.05) is 18.5 Å². The number of benzene rings is 1. The van der Waals surface area contributed by atoms with E-state index in [1.807, 2.05) is 0 Å². The van der Waals surface area contributed by atoms with Gasteiger partial charge in [-0.2, -0.15) is 0 Å². The number of hydrogen-bond acceptors (Lipinski definition) is 1. The van der Waals surface area contributed by atoms with Crippen molar-refractivity contribution in [1.82, 2.24) is 4.90 Å². The second-order valence-corrected chi connectivity index (χ2v) is 5.46. The lowest BCUT2D eigenvalue weighted by Gasteiger charge is -2.30. The molecule has 1 saturated heterocycles. The Morgan fingerprint density at radius 2 is 2.00 bits per heavy atom. The quantitative estimate of drug-likeness (QED) is 0.712. The van der Waals surface area contributed by atoms with Crippen molar-refractivity contribution in [2.24, 2.45) is 0 Å².